The molecule has 0 saturated heterocycles. The number of hydrogen-bond acceptors (Lipinski definition) is 8. The number of aromatic nitrogens is 4. The molecule has 1 amide bonds. The van der Waals surface area contributed by atoms with E-state index in [9.17, 15) is 9.59 Å². The second-order valence-corrected chi connectivity index (χ2v) is 7.02. The molecule has 2 aromatic heterocycles. The maximum Gasteiger partial charge on any atom is 0.303 e. The largest absolute Gasteiger partial charge is 0.481 e. The van der Waals surface area contributed by atoms with Crippen LogP contribution < -0.4 is 5.32 Å². The highest BCUT2D eigenvalue weighted by atomic mass is 32.1. The Morgan fingerprint density at radius 2 is 1.84 bits per heavy atom. The molecular formula is C15H13N5O3S2. The van der Waals surface area contributed by atoms with E-state index in [2.05, 4.69) is 25.7 Å². The van der Waals surface area contributed by atoms with E-state index < -0.39 is 11.9 Å². The van der Waals surface area contributed by atoms with Gasteiger partial charge in [-0.1, -0.05) is 53.0 Å². The first kappa shape index (κ1) is 17.1. The Morgan fingerprint density at radius 1 is 1.04 bits per heavy atom. The Bertz CT molecular complexity index is 878. The summed E-state index contributed by atoms with van der Waals surface area (Å²) in [5.74, 6) is -1.26. The van der Waals surface area contributed by atoms with E-state index in [0.717, 1.165) is 16.9 Å². The van der Waals surface area contributed by atoms with Gasteiger partial charge in [0, 0.05) is 18.4 Å². The number of carboxylic acids is 1. The first-order valence-corrected chi connectivity index (χ1v) is 8.99. The van der Waals surface area contributed by atoms with Crippen molar-refractivity contribution in [2.75, 3.05) is 5.32 Å². The van der Waals surface area contributed by atoms with Crippen molar-refractivity contribution in [3.05, 3.63) is 40.3 Å². The molecule has 2 heterocycles. The van der Waals surface area contributed by atoms with Crippen LogP contribution in [0.15, 0.2) is 30.3 Å². The van der Waals surface area contributed by atoms with E-state index in [0.29, 0.717) is 28.0 Å². The average molecular weight is 375 g/mol. The molecule has 0 fully saturated rings. The van der Waals surface area contributed by atoms with Crippen LogP contribution in [0, 0.1) is 0 Å². The van der Waals surface area contributed by atoms with E-state index in [4.69, 9.17) is 5.11 Å². The lowest BCUT2D eigenvalue weighted by Crippen LogP contribution is -2.11. The van der Waals surface area contributed by atoms with Gasteiger partial charge in [0.05, 0.1) is 0 Å². The minimum absolute atomic E-state index is 0.0636. The van der Waals surface area contributed by atoms with Gasteiger partial charge in [-0.3, -0.25) is 14.9 Å². The number of carbonyl (C=O) groups excluding carboxylic acids is 1. The quantitative estimate of drug-likeness (QED) is 0.652. The van der Waals surface area contributed by atoms with Crippen molar-refractivity contribution in [3.8, 4) is 10.6 Å². The summed E-state index contributed by atoms with van der Waals surface area (Å²) in [5, 5.41) is 29.0. The fourth-order valence-electron chi connectivity index (χ4n) is 1.96. The second-order valence-electron chi connectivity index (χ2n) is 4.98. The molecule has 8 nitrogen and oxygen atoms in total. The second kappa shape index (κ2) is 7.90. The predicted molar refractivity (Wildman–Crippen MR) is 93.8 cm³/mol. The number of carbonyl (C=O) groups is 2. The Balaban J connectivity index is 1.60. The standard InChI is InChI=1S/C15H13N5O3S2/c21-11(22)8-4-7-10-17-19-14(24-10)12(23)16-15-20-18-13(25-15)9-5-2-1-3-6-9/h1-3,5-6H,4,7-8H2,(H,21,22)(H,16,20,23). The number of rotatable bonds is 7. The number of carboxylic acid groups (broad SMARTS) is 1. The molecule has 0 aliphatic heterocycles. The third-order valence-corrected chi connectivity index (χ3v) is 4.98. The highest BCUT2D eigenvalue weighted by Crippen LogP contribution is 2.26. The van der Waals surface area contributed by atoms with Gasteiger partial charge in [-0.25, -0.2) is 0 Å². The Hall–Kier alpha value is -2.72. The summed E-state index contributed by atoms with van der Waals surface area (Å²) in [5.41, 5.74) is 0.928. The number of anilines is 1. The molecule has 0 saturated carbocycles. The summed E-state index contributed by atoms with van der Waals surface area (Å²) in [7, 11) is 0. The lowest BCUT2D eigenvalue weighted by atomic mass is 10.2. The van der Waals surface area contributed by atoms with E-state index in [1.807, 2.05) is 30.3 Å². The zero-order chi connectivity index (χ0) is 17.6. The highest BCUT2D eigenvalue weighted by molar-refractivity contribution is 7.18. The van der Waals surface area contributed by atoms with Crippen LogP contribution in [-0.4, -0.2) is 37.4 Å². The van der Waals surface area contributed by atoms with E-state index in [1.54, 1.807) is 0 Å². The molecule has 0 radical (unpaired) electrons. The molecule has 0 aliphatic rings. The molecule has 0 unspecified atom stereocenters. The third kappa shape index (κ3) is 4.64. The van der Waals surface area contributed by atoms with Crippen molar-refractivity contribution < 1.29 is 14.7 Å². The Morgan fingerprint density at radius 3 is 2.60 bits per heavy atom. The zero-order valence-corrected chi connectivity index (χ0v) is 14.5. The SMILES string of the molecule is O=C(O)CCCc1nnc(C(=O)Nc2nnc(-c3ccccc3)s2)s1. The number of nitrogens with zero attached hydrogens (tertiary/aromatic N) is 4. The van der Waals surface area contributed by atoms with Crippen molar-refractivity contribution in [2.45, 2.75) is 19.3 Å². The fraction of sp³-hybridized carbons (Fsp3) is 0.200. The van der Waals surface area contributed by atoms with Gasteiger partial charge in [-0.2, -0.15) is 0 Å². The van der Waals surface area contributed by atoms with Gasteiger partial charge in [-0.05, 0) is 6.42 Å². The predicted octanol–water partition coefficient (Wildman–Crippen LogP) is 2.72. The van der Waals surface area contributed by atoms with Crippen LogP contribution in [0.2, 0.25) is 0 Å². The van der Waals surface area contributed by atoms with Gasteiger partial charge >= 0.3 is 5.97 Å². The summed E-state index contributed by atoms with van der Waals surface area (Å²) in [6.45, 7) is 0. The average Bonchev–Trinajstić information content (AvgIpc) is 3.25. The molecule has 1 aromatic carbocycles. The van der Waals surface area contributed by atoms with Gasteiger partial charge in [0.2, 0.25) is 10.1 Å². The smallest absolute Gasteiger partial charge is 0.303 e. The van der Waals surface area contributed by atoms with Crippen molar-refractivity contribution in [3.63, 3.8) is 0 Å². The molecule has 0 aliphatic carbocycles. The first-order chi connectivity index (χ1) is 12.1. The van der Waals surface area contributed by atoms with Gasteiger partial charge in [0.1, 0.15) is 10.0 Å². The normalized spacial score (nSPS) is 10.6. The van der Waals surface area contributed by atoms with Gasteiger partial charge < -0.3 is 5.11 Å². The Kier molecular flexibility index (Phi) is 5.41. The molecule has 10 heteroatoms. The lowest BCUT2D eigenvalue weighted by molar-refractivity contribution is -0.137. The summed E-state index contributed by atoms with van der Waals surface area (Å²) in [4.78, 5) is 22.7. The molecule has 25 heavy (non-hydrogen) atoms. The van der Waals surface area contributed by atoms with Crippen LogP contribution in [0.4, 0.5) is 5.13 Å². The van der Waals surface area contributed by atoms with Crippen molar-refractivity contribution >= 4 is 39.7 Å². The molecule has 128 valence electrons. The molecule has 0 atom stereocenters. The maximum absolute atomic E-state index is 12.2. The van der Waals surface area contributed by atoms with Crippen LogP contribution >= 0.6 is 22.7 Å². The van der Waals surface area contributed by atoms with Crippen LogP contribution in [-0.2, 0) is 11.2 Å². The summed E-state index contributed by atoms with van der Waals surface area (Å²) >= 11 is 2.41. The number of aliphatic carboxylic acids is 1. The molecular weight excluding hydrogens is 362 g/mol. The van der Waals surface area contributed by atoms with Crippen LogP contribution in [0.25, 0.3) is 10.6 Å². The number of aryl methyl sites for hydroxylation is 1. The Labute approximate surface area is 150 Å². The number of amides is 1. The van der Waals surface area contributed by atoms with Crippen molar-refractivity contribution in [1.82, 2.24) is 20.4 Å². The highest BCUT2D eigenvalue weighted by Gasteiger charge is 2.16. The van der Waals surface area contributed by atoms with Crippen LogP contribution in [0.5, 0.6) is 0 Å². The van der Waals surface area contributed by atoms with E-state index in [1.165, 1.54) is 11.3 Å². The minimum Gasteiger partial charge on any atom is -0.481 e. The minimum atomic E-state index is -0.854. The van der Waals surface area contributed by atoms with Crippen LogP contribution in [0.3, 0.4) is 0 Å². The van der Waals surface area contributed by atoms with E-state index in [-0.39, 0.29) is 11.4 Å². The van der Waals surface area contributed by atoms with Crippen molar-refractivity contribution in [2.24, 2.45) is 0 Å². The first-order valence-electron chi connectivity index (χ1n) is 7.36. The molecule has 2 N–H and O–H groups in total. The summed E-state index contributed by atoms with van der Waals surface area (Å²) < 4.78 is 0. The molecule has 3 aromatic rings. The van der Waals surface area contributed by atoms with Gasteiger partial charge in [-0.15, -0.1) is 20.4 Å². The third-order valence-electron chi connectivity index (χ3n) is 3.11. The topological polar surface area (TPSA) is 118 Å². The number of hydrogen-bond donors (Lipinski definition) is 2. The zero-order valence-electron chi connectivity index (χ0n) is 12.9. The molecule has 0 bridgehead atoms. The molecule has 0 spiro atoms. The monoisotopic (exact) mass is 375 g/mol. The summed E-state index contributed by atoms with van der Waals surface area (Å²) in [6, 6.07) is 9.56. The molecule has 3 rings (SSSR count). The number of benzene rings is 1. The summed E-state index contributed by atoms with van der Waals surface area (Å²) in [6.07, 6.45) is 1.00. The number of nitrogens with one attached hydrogen (secondary N) is 1. The van der Waals surface area contributed by atoms with Gasteiger partial charge in [0.25, 0.3) is 5.91 Å². The van der Waals surface area contributed by atoms with Crippen LogP contribution in [0.1, 0.15) is 27.7 Å². The van der Waals surface area contributed by atoms with Gasteiger partial charge in [0.15, 0.2) is 0 Å². The van der Waals surface area contributed by atoms with Crippen molar-refractivity contribution in [1.29, 1.82) is 0 Å². The fourth-order valence-corrected chi connectivity index (χ4v) is 3.48. The maximum atomic E-state index is 12.2. The lowest BCUT2D eigenvalue weighted by Gasteiger charge is -1.95. The van der Waals surface area contributed by atoms with E-state index >= 15 is 0 Å².